The predicted molar refractivity (Wildman–Crippen MR) is 210 cm³/mol. The van der Waals surface area contributed by atoms with E-state index in [1.54, 1.807) is 0 Å². The van der Waals surface area contributed by atoms with Crippen LogP contribution >= 0.6 is 0 Å². The molecule has 0 N–H and O–H groups in total. The highest BCUT2D eigenvalue weighted by Crippen LogP contribution is 2.17. The smallest absolute Gasteiger partial charge is 0.306 e. The van der Waals surface area contributed by atoms with E-state index in [0.29, 0.717) is 19.3 Å². The number of hydrogen-bond acceptors (Lipinski definition) is 6. The van der Waals surface area contributed by atoms with Crippen molar-refractivity contribution in [2.75, 3.05) is 13.2 Å². The van der Waals surface area contributed by atoms with Crippen LogP contribution in [0.4, 0.5) is 0 Å². The van der Waals surface area contributed by atoms with E-state index in [-0.39, 0.29) is 31.1 Å². The third-order valence-corrected chi connectivity index (χ3v) is 10.1. The lowest BCUT2D eigenvalue weighted by Gasteiger charge is -2.18. The maximum absolute atomic E-state index is 12.7. The summed E-state index contributed by atoms with van der Waals surface area (Å²) in [7, 11) is 0. The fourth-order valence-electron chi connectivity index (χ4n) is 6.37. The number of carbonyl (C=O) groups excluding carboxylic acids is 3. The van der Waals surface area contributed by atoms with E-state index < -0.39 is 6.10 Å². The molecule has 0 aromatic heterocycles. The topological polar surface area (TPSA) is 78.9 Å². The van der Waals surface area contributed by atoms with E-state index in [2.05, 4.69) is 34.6 Å². The van der Waals surface area contributed by atoms with Gasteiger partial charge in [0.2, 0.25) is 0 Å². The molecule has 0 saturated carbocycles. The van der Waals surface area contributed by atoms with Crippen molar-refractivity contribution in [1.82, 2.24) is 0 Å². The fraction of sp³-hybridized carbons (Fsp3) is 0.932. The first-order valence-electron chi connectivity index (χ1n) is 21.8. The number of carbonyl (C=O) groups is 3. The highest BCUT2D eigenvalue weighted by Gasteiger charge is 2.19. The lowest BCUT2D eigenvalue weighted by Crippen LogP contribution is -2.30. The molecule has 0 spiro atoms. The summed E-state index contributed by atoms with van der Waals surface area (Å²) in [5, 5.41) is 0. The molecule has 0 rings (SSSR count). The van der Waals surface area contributed by atoms with Crippen LogP contribution in [0.2, 0.25) is 0 Å². The summed E-state index contributed by atoms with van der Waals surface area (Å²) in [4.78, 5) is 37.5. The molecule has 0 radical (unpaired) electrons. The molecule has 6 heteroatoms. The van der Waals surface area contributed by atoms with Gasteiger partial charge in [0.1, 0.15) is 13.2 Å². The Hall–Kier alpha value is -1.59. The Labute approximate surface area is 310 Å². The SMILES string of the molecule is CCCCCCCCCC(=O)OC[C@H](COC(=O)CCCCCCCCCCCCC(C)C)OC(=O)CCCCCCCCCCC(C)CC. The molecule has 0 saturated heterocycles. The number of hydrogen-bond donors (Lipinski definition) is 0. The molecule has 0 bridgehead atoms. The summed E-state index contributed by atoms with van der Waals surface area (Å²) in [6.45, 7) is 11.3. The molecule has 0 amide bonds. The van der Waals surface area contributed by atoms with Crippen LogP contribution < -0.4 is 0 Å². The molecular formula is C44H84O6. The van der Waals surface area contributed by atoms with Crippen LogP contribution in [0, 0.1) is 11.8 Å². The summed E-state index contributed by atoms with van der Waals surface area (Å²) < 4.78 is 16.6. The van der Waals surface area contributed by atoms with Crippen molar-refractivity contribution in [3.05, 3.63) is 0 Å². The summed E-state index contributed by atoms with van der Waals surface area (Å²) in [6, 6.07) is 0. The van der Waals surface area contributed by atoms with Gasteiger partial charge in [-0.05, 0) is 31.1 Å². The van der Waals surface area contributed by atoms with Crippen LogP contribution in [0.25, 0.3) is 0 Å². The monoisotopic (exact) mass is 709 g/mol. The summed E-state index contributed by atoms with van der Waals surface area (Å²) in [6.07, 6.45) is 33.8. The van der Waals surface area contributed by atoms with Crippen molar-refractivity contribution < 1.29 is 28.6 Å². The van der Waals surface area contributed by atoms with Crippen molar-refractivity contribution in [3.63, 3.8) is 0 Å². The van der Waals surface area contributed by atoms with E-state index in [1.807, 2.05) is 0 Å². The van der Waals surface area contributed by atoms with Crippen molar-refractivity contribution >= 4 is 17.9 Å². The van der Waals surface area contributed by atoms with Gasteiger partial charge in [-0.25, -0.2) is 0 Å². The summed E-state index contributed by atoms with van der Waals surface area (Å²) in [5.41, 5.74) is 0. The van der Waals surface area contributed by atoms with Crippen LogP contribution in [0.1, 0.15) is 234 Å². The van der Waals surface area contributed by atoms with Gasteiger partial charge in [-0.3, -0.25) is 14.4 Å². The van der Waals surface area contributed by atoms with Gasteiger partial charge in [-0.1, -0.05) is 195 Å². The van der Waals surface area contributed by atoms with Crippen molar-refractivity contribution in [3.8, 4) is 0 Å². The maximum atomic E-state index is 12.7. The van der Waals surface area contributed by atoms with E-state index in [9.17, 15) is 14.4 Å². The standard InChI is InChI=1S/C44H84O6/c1-6-8-9-10-17-24-29-34-42(45)48-37-41(50-44(47)36-31-26-21-16-15-19-23-28-33-40(5)7-2)38-49-43(46)35-30-25-20-14-12-11-13-18-22-27-32-39(3)4/h39-41H,6-38H2,1-5H3/t40?,41-/m1/s1. The Morgan fingerprint density at radius 2 is 0.760 bits per heavy atom. The number of ether oxygens (including phenoxy) is 3. The lowest BCUT2D eigenvalue weighted by molar-refractivity contribution is -0.167. The molecule has 0 heterocycles. The van der Waals surface area contributed by atoms with Gasteiger partial charge in [0.05, 0.1) is 0 Å². The molecule has 296 valence electrons. The Morgan fingerprint density at radius 3 is 1.14 bits per heavy atom. The first-order valence-corrected chi connectivity index (χ1v) is 21.8. The Balaban J connectivity index is 4.31. The second-order valence-corrected chi connectivity index (χ2v) is 15.7. The van der Waals surface area contributed by atoms with Crippen molar-refractivity contribution in [2.45, 2.75) is 240 Å². The molecule has 0 aliphatic heterocycles. The lowest BCUT2D eigenvalue weighted by atomic mass is 9.99. The molecule has 1 unspecified atom stereocenters. The highest BCUT2D eigenvalue weighted by atomic mass is 16.6. The molecule has 0 aliphatic carbocycles. The van der Waals surface area contributed by atoms with Gasteiger partial charge in [-0.15, -0.1) is 0 Å². The minimum atomic E-state index is -0.759. The zero-order valence-corrected chi connectivity index (χ0v) is 34.0. The minimum Gasteiger partial charge on any atom is -0.462 e. The second kappa shape index (κ2) is 37.2. The second-order valence-electron chi connectivity index (χ2n) is 15.7. The van der Waals surface area contributed by atoms with Crippen molar-refractivity contribution in [1.29, 1.82) is 0 Å². The Kier molecular flexibility index (Phi) is 36.0. The molecule has 0 aromatic carbocycles. The molecule has 2 atom stereocenters. The third-order valence-electron chi connectivity index (χ3n) is 10.1. The zero-order chi connectivity index (χ0) is 36.9. The molecule has 6 nitrogen and oxygen atoms in total. The normalized spacial score (nSPS) is 12.6. The Bertz CT molecular complexity index is 766. The van der Waals surface area contributed by atoms with E-state index in [4.69, 9.17) is 14.2 Å². The van der Waals surface area contributed by atoms with E-state index in [1.165, 1.54) is 122 Å². The average Bonchev–Trinajstić information content (AvgIpc) is 3.09. The maximum Gasteiger partial charge on any atom is 0.306 e. The number of esters is 3. The van der Waals surface area contributed by atoms with Crippen LogP contribution in [0.3, 0.4) is 0 Å². The number of rotatable bonds is 38. The van der Waals surface area contributed by atoms with Gasteiger partial charge < -0.3 is 14.2 Å². The predicted octanol–water partition coefficient (Wildman–Crippen LogP) is 13.4. The average molecular weight is 709 g/mol. The third kappa shape index (κ3) is 36.2. The molecule has 50 heavy (non-hydrogen) atoms. The van der Waals surface area contributed by atoms with Gasteiger partial charge in [-0.2, -0.15) is 0 Å². The van der Waals surface area contributed by atoms with Gasteiger partial charge in [0.15, 0.2) is 6.10 Å². The van der Waals surface area contributed by atoms with Gasteiger partial charge in [0.25, 0.3) is 0 Å². The minimum absolute atomic E-state index is 0.0660. The van der Waals surface area contributed by atoms with Crippen LogP contribution in [-0.4, -0.2) is 37.2 Å². The molecule has 0 aromatic rings. The van der Waals surface area contributed by atoms with Gasteiger partial charge >= 0.3 is 17.9 Å². The first kappa shape index (κ1) is 48.4. The number of unbranched alkanes of at least 4 members (excludes halogenated alkanes) is 22. The first-order chi connectivity index (χ1) is 24.3. The molecule has 0 fully saturated rings. The van der Waals surface area contributed by atoms with Crippen LogP contribution in [0.15, 0.2) is 0 Å². The molecule has 0 aliphatic rings. The molecular weight excluding hydrogens is 624 g/mol. The fourth-order valence-corrected chi connectivity index (χ4v) is 6.37. The van der Waals surface area contributed by atoms with Crippen LogP contribution in [0.5, 0.6) is 0 Å². The van der Waals surface area contributed by atoms with E-state index >= 15 is 0 Å². The summed E-state index contributed by atoms with van der Waals surface area (Å²) >= 11 is 0. The quantitative estimate of drug-likeness (QED) is 0.0361. The largest absolute Gasteiger partial charge is 0.462 e. The van der Waals surface area contributed by atoms with Crippen LogP contribution in [-0.2, 0) is 28.6 Å². The van der Waals surface area contributed by atoms with Gasteiger partial charge in [0, 0.05) is 19.3 Å². The zero-order valence-electron chi connectivity index (χ0n) is 34.0. The highest BCUT2D eigenvalue weighted by molar-refractivity contribution is 5.71. The van der Waals surface area contributed by atoms with Crippen molar-refractivity contribution in [2.24, 2.45) is 11.8 Å². The Morgan fingerprint density at radius 1 is 0.420 bits per heavy atom. The summed E-state index contributed by atoms with van der Waals surface area (Å²) in [5.74, 6) is 0.795. The van der Waals surface area contributed by atoms with E-state index in [0.717, 1.165) is 69.6 Å².